The summed E-state index contributed by atoms with van der Waals surface area (Å²) in [6.07, 6.45) is 1.60. The van der Waals surface area contributed by atoms with E-state index in [1.54, 1.807) is 6.92 Å². The Balaban J connectivity index is 0.00000242. The number of aliphatic hydroxyl groups is 1. The van der Waals surface area contributed by atoms with Gasteiger partial charge in [0.25, 0.3) is 0 Å². The molecule has 0 spiro atoms. The second-order valence-corrected chi connectivity index (χ2v) is 5.83. The molecule has 1 heterocycles. The van der Waals surface area contributed by atoms with Crippen LogP contribution in [0.15, 0.2) is 24.3 Å². The van der Waals surface area contributed by atoms with Gasteiger partial charge in [-0.3, -0.25) is 9.69 Å². The van der Waals surface area contributed by atoms with Gasteiger partial charge in [0.2, 0.25) is 5.91 Å². The molecule has 1 fully saturated rings. The zero-order valence-corrected chi connectivity index (χ0v) is 15.0. The van der Waals surface area contributed by atoms with Crippen LogP contribution in [0.2, 0.25) is 0 Å². The average Bonchev–Trinajstić information content (AvgIpc) is 2.48. The highest BCUT2D eigenvalue weighted by molar-refractivity contribution is 5.85. The van der Waals surface area contributed by atoms with Crippen molar-refractivity contribution in [2.45, 2.75) is 45.0 Å². The van der Waals surface area contributed by atoms with Crippen LogP contribution in [0, 0.1) is 0 Å². The number of benzene rings is 1. The number of nitrogens with two attached hydrogens (primary N) is 1. The van der Waals surface area contributed by atoms with E-state index in [9.17, 15) is 9.90 Å². The average molecular weight is 364 g/mol. The molecule has 0 saturated carbocycles. The van der Waals surface area contributed by atoms with Crippen LogP contribution in [-0.2, 0) is 17.9 Å². The first-order valence-corrected chi connectivity index (χ1v) is 7.56. The van der Waals surface area contributed by atoms with Gasteiger partial charge in [0.15, 0.2) is 0 Å². The van der Waals surface area contributed by atoms with E-state index in [2.05, 4.69) is 22.3 Å². The number of hydrogen-bond donors (Lipinski definition) is 3. The molecular weight excluding hydrogens is 337 g/mol. The summed E-state index contributed by atoms with van der Waals surface area (Å²) in [4.78, 5) is 13.8. The molecule has 0 unspecified atom stereocenters. The van der Waals surface area contributed by atoms with Crippen LogP contribution < -0.4 is 11.1 Å². The van der Waals surface area contributed by atoms with Crippen LogP contribution in [0.3, 0.4) is 0 Å². The molecule has 1 aliphatic heterocycles. The molecule has 0 aromatic heterocycles. The first kappa shape index (κ1) is 22.1. The number of halogens is 2. The highest BCUT2D eigenvalue weighted by Gasteiger charge is 2.16. The summed E-state index contributed by atoms with van der Waals surface area (Å²) < 4.78 is 0. The lowest BCUT2D eigenvalue weighted by atomic mass is 10.1. The fraction of sp³-hybridized carbons (Fsp3) is 0.562. The summed E-state index contributed by atoms with van der Waals surface area (Å²) >= 11 is 0. The Morgan fingerprint density at radius 3 is 2.30 bits per heavy atom. The normalized spacial score (nSPS) is 16.8. The molecule has 1 aromatic rings. The van der Waals surface area contributed by atoms with Crippen molar-refractivity contribution in [3.8, 4) is 0 Å². The first-order chi connectivity index (χ1) is 10.0. The standard InChI is InChI=1S/C16H25N3O2.2ClH/c1-12(17)16(21)18-10-13-2-4-14(5-3-13)11-19-8-6-15(20)7-9-19;;/h2-5,12,15,20H,6-11,17H2,1H3,(H,18,21);2*1H/t12-;;/m1../s1. The van der Waals surface area contributed by atoms with Crippen molar-refractivity contribution in [2.24, 2.45) is 5.73 Å². The number of piperidine rings is 1. The Morgan fingerprint density at radius 1 is 1.26 bits per heavy atom. The van der Waals surface area contributed by atoms with E-state index >= 15 is 0 Å². The van der Waals surface area contributed by atoms with Gasteiger partial charge in [-0.2, -0.15) is 0 Å². The predicted molar refractivity (Wildman–Crippen MR) is 97.0 cm³/mol. The Hall–Kier alpha value is -0.850. The minimum atomic E-state index is -0.473. The van der Waals surface area contributed by atoms with Crippen molar-refractivity contribution in [1.82, 2.24) is 10.2 Å². The summed E-state index contributed by atoms with van der Waals surface area (Å²) in [6, 6.07) is 7.79. The largest absolute Gasteiger partial charge is 0.393 e. The summed E-state index contributed by atoms with van der Waals surface area (Å²) in [5.74, 6) is -0.133. The third-order valence-corrected chi connectivity index (χ3v) is 3.87. The maximum Gasteiger partial charge on any atom is 0.236 e. The Bertz CT molecular complexity index is 461. The number of carbonyl (C=O) groups is 1. The second-order valence-electron chi connectivity index (χ2n) is 5.83. The van der Waals surface area contributed by atoms with Crippen molar-refractivity contribution in [2.75, 3.05) is 13.1 Å². The molecule has 1 aliphatic rings. The number of rotatable bonds is 5. The second kappa shape index (κ2) is 10.8. The number of nitrogens with one attached hydrogen (secondary N) is 1. The van der Waals surface area contributed by atoms with E-state index in [1.165, 1.54) is 5.56 Å². The number of nitrogens with zero attached hydrogens (tertiary/aromatic N) is 1. The van der Waals surface area contributed by atoms with Crippen molar-refractivity contribution < 1.29 is 9.90 Å². The molecule has 5 nitrogen and oxygen atoms in total. The Kier molecular flexibility index (Phi) is 10.4. The van der Waals surface area contributed by atoms with Gasteiger partial charge >= 0.3 is 0 Å². The van der Waals surface area contributed by atoms with E-state index in [1.807, 2.05) is 12.1 Å². The monoisotopic (exact) mass is 363 g/mol. The molecule has 2 rings (SSSR count). The molecule has 1 saturated heterocycles. The van der Waals surface area contributed by atoms with Gasteiger partial charge in [0.1, 0.15) is 0 Å². The molecule has 0 radical (unpaired) electrons. The molecule has 23 heavy (non-hydrogen) atoms. The molecule has 7 heteroatoms. The number of likely N-dealkylation sites (tertiary alicyclic amines) is 1. The summed E-state index contributed by atoms with van der Waals surface area (Å²) in [7, 11) is 0. The van der Waals surface area contributed by atoms with Gasteiger partial charge in [0, 0.05) is 26.2 Å². The lowest BCUT2D eigenvalue weighted by molar-refractivity contribution is -0.122. The zero-order chi connectivity index (χ0) is 15.2. The van der Waals surface area contributed by atoms with E-state index < -0.39 is 6.04 Å². The van der Waals surface area contributed by atoms with Crippen LogP contribution in [0.4, 0.5) is 0 Å². The van der Waals surface area contributed by atoms with Crippen LogP contribution in [0.1, 0.15) is 30.9 Å². The maximum atomic E-state index is 11.4. The molecule has 0 bridgehead atoms. The summed E-state index contributed by atoms with van der Waals surface area (Å²) in [6.45, 7) is 5.00. The highest BCUT2D eigenvalue weighted by atomic mass is 35.5. The van der Waals surface area contributed by atoms with E-state index in [0.717, 1.165) is 38.0 Å². The van der Waals surface area contributed by atoms with Crippen molar-refractivity contribution in [3.63, 3.8) is 0 Å². The SMILES string of the molecule is C[C@@H](N)C(=O)NCc1ccc(CN2CCC(O)CC2)cc1.Cl.Cl. The number of carbonyl (C=O) groups excluding carboxylic acids is 1. The van der Waals surface area contributed by atoms with Gasteiger partial charge in [-0.25, -0.2) is 0 Å². The minimum Gasteiger partial charge on any atom is -0.393 e. The van der Waals surface area contributed by atoms with E-state index in [4.69, 9.17) is 5.73 Å². The molecule has 4 N–H and O–H groups in total. The molecule has 132 valence electrons. The summed E-state index contributed by atoms with van der Waals surface area (Å²) in [5.41, 5.74) is 7.83. The van der Waals surface area contributed by atoms with Gasteiger partial charge in [-0.05, 0) is 30.9 Å². The number of aliphatic hydroxyl groups excluding tert-OH is 1. The van der Waals surface area contributed by atoms with Crippen molar-refractivity contribution in [1.29, 1.82) is 0 Å². The van der Waals surface area contributed by atoms with Crippen LogP contribution in [-0.4, -0.2) is 41.1 Å². The molecular formula is C16H27Cl2N3O2. The lowest BCUT2D eigenvalue weighted by Gasteiger charge is -2.29. The fourth-order valence-electron chi connectivity index (χ4n) is 2.45. The quantitative estimate of drug-likeness (QED) is 0.739. The van der Waals surface area contributed by atoms with Crippen LogP contribution in [0.5, 0.6) is 0 Å². The predicted octanol–water partition coefficient (Wildman–Crippen LogP) is 1.45. The van der Waals surface area contributed by atoms with Crippen LogP contribution >= 0.6 is 24.8 Å². The Labute approximate surface area is 150 Å². The summed E-state index contributed by atoms with van der Waals surface area (Å²) in [5, 5.41) is 12.3. The van der Waals surface area contributed by atoms with Crippen molar-refractivity contribution in [3.05, 3.63) is 35.4 Å². The van der Waals surface area contributed by atoms with Gasteiger partial charge < -0.3 is 16.2 Å². The van der Waals surface area contributed by atoms with Crippen LogP contribution in [0.25, 0.3) is 0 Å². The first-order valence-electron chi connectivity index (χ1n) is 7.56. The third kappa shape index (κ3) is 7.50. The lowest BCUT2D eigenvalue weighted by Crippen LogP contribution is -2.37. The highest BCUT2D eigenvalue weighted by Crippen LogP contribution is 2.14. The fourth-order valence-corrected chi connectivity index (χ4v) is 2.45. The molecule has 1 aromatic carbocycles. The van der Waals surface area contributed by atoms with Crippen molar-refractivity contribution >= 4 is 30.7 Å². The van der Waals surface area contributed by atoms with Gasteiger partial charge in [-0.15, -0.1) is 24.8 Å². The number of hydrogen-bond acceptors (Lipinski definition) is 4. The molecule has 1 amide bonds. The van der Waals surface area contributed by atoms with Gasteiger partial charge in [0.05, 0.1) is 12.1 Å². The Morgan fingerprint density at radius 2 is 1.78 bits per heavy atom. The van der Waals surface area contributed by atoms with E-state index in [0.29, 0.717) is 6.54 Å². The maximum absolute atomic E-state index is 11.4. The molecule has 0 aliphatic carbocycles. The third-order valence-electron chi connectivity index (χ3n) is 3.87. The minimum absolute atomic E-state index is 0. The number of amides is 1. The van der Waals surface area contributed by atoms with E-state index in [-0.39, 0.29) is 36.8 Å². The topological polar surface area (TPSA) is 78.6 Å². The zero-order valence-electron chi connectivity index (χ0n) is 13.4. The molecule has 1 atom stereocenters. The smallest absolute Gasteiger partial charge is 0.236 e. The van der Waals surface area contributed by atoms with Gasteiger partial charge in [-0.1, -0.05) is 24.3 Å².